The highest BCUT2D eigenvalue weighted by molar-refractivity contribution is 6.31. The topological polar surface area (TPSA) is 65.3 Å². The molecule has 2 heterocycles. The number of nitrogens with zero attached hydrogens (tertiary/aromatic N) is 4. The summed E-state index contributed by atoms with van der Waals surface area (Å²) in [5.74, 6) is -0.667. The average Bonchev–Trinajstić information content (AvgIpc) is 3.11. The van der Waals surface area contributed by atoms with E-state index >= 15 is 0 Å². The molecule has 1 saturated heterocycles. The molecule has 0 N–H and O–H groups in total. The summed E-state index contributed by atoms with van der Waals surface area (Å²) in [4.78, 5) is 26.5. The van der Waals surface area contributed by atoms with E-state index in [1.807, 2.05) is 30.3 Å². The zero-order chi connectivity index (χ0) is 16.7. The van der Waals surface area contributed by atoms with Gasteiger partial charge in [0.2, 0.25) is 0 Å². The van der Waals surface area contributed by atoms with Crippen LogP contribution in [-0.2, 0) is 16.1 Å². The van der Waals surface area contributed by atoms with E-state index < -0.39 is 12.1 Å². The molecular weight excluding hydrogens is 328 g/mol. The summed E-state index contributed by atoms with van der Waals surface area (Å²) in [6, 6.07) is 14.8. The van der Waals surface area contributed by atoms with Gasteiger partial charge in [-0.15, -0.1) is 0 Å². The highest BCUT2D eigenvalue weighted by Gasteiger charge is 2.54. The second-order valence-electron chi connectivity index (χ2n) is 5.67. The highest BCUT2D eigenvalue weighted by Crippen LogP contribution is 2.33. The standard InChI is InChI=1S/C17H13ClN4O2/c18-12-6-8-13(9-7-12)22-16(23)14-15(17(22)24)21(20-19-14)10-11-4-2-1-3-5-11/h1-9,14-15H,10H2/t14-,15-/m1/s1. The fourth-order valence-corrected chi connectivity index (χ4v) is 3.09. The summed E-state index contributed by atoms with van der Waals surface area (Å²) in [7, 11) is 0. The molecule has 24 heavy (non-hydrogen) atoms. The van der Waals surface area contributed by atoms with E-state index in [1.54, 1.807) is 29.3 Å². The van der Waals surface area contributed by atoms with E-state index in [1.165, 1.54) is 4.90 Å². The molecule has 2 aromatic rings. The molecule has 0 bridgehead atoms. The Balaban J connectivity index is 1.61. The molecule has 2 aliphatic heterocycles. The molecule has 0 radical (unpaired) electrons. The molecule has 0 aromatic heterocycles. The number of halogens is 1. The Morgan fingerprint density at radius 1 is 0.958 bits per heavy atom. The summed E-state index contributed by atoms with van der Waals surface area (Å²) in [5.41, 5.74) is 1.50. The van der Waals surface area contributed by atoms with Crippen molar-refractivity contribution in [1.29, 1.82) is 0 Å². The third-order valence-electron chi connectivity index (χ3n) is 4.13. The minimum atomic E-state index is -0.781. The first-order chi connectivity index (χ1) is 11.6. The van der Waals surface area contributed by atoms with Gasteiger partial charge in [0.15, 0.2) is 12.1 Å². The number of imide groups is 1. The van der Waals surface area contributed by atoms with Crippen LogP contribution in [0.3, 0.4) is 0 Å². The molecule has 0 unspecified atom stereocenters. The van der Waals surface area contributed by atoms with Gasteiger partial charge < -0.3 is 0 Å². The van der Waals surface area contributed by atoms with E-state index in [9.17, 15) is 9.59 Å². The number of hydrogen-bond acceptors (Lipinski definition) is 5. The van der Waals surface area contributed by atoms with Crippen LogP contribution < -0.4 is 4.90 Å². The van der Waals surface area contributed by atoms with Crippen LogP contribution in [0, 0.1) is 0 Å². The van der Waals surface area contributed by atoms with Crippen molar-refractivity contribution in [3.63, 3.8) is 0 Å². The van der Waals surface area contributed by atoms with Crippen LogP contribution in [0.15, 0.2) is 64.9 Å². The number of amides is 2. The molecule has 2 aromatic carbocycles. The molecule has 4 rings (SSSR count). The fourth-order valence-electron chi connectivity index (χ4n) is 2.97. The van der Waals surface area contributed by atoms with E-state index in [0.717, 1.165) is 5.56 Å². The SMILES string of the molecule is O=C1[C@@H]2N=NN(Cc3ccccc3)[C@H]2C(=O)N1c1ccc(Cl)cc1. The van der Waals surface area contributed by atoms with Gasteiger partial charge in [-0.05, 0) is 29.8 Å². The molecule has 1 fully saturated rings. The van der Waals surface area contributed by atoms with Crippen LogP contribution in [0.5, 0.6) is 0 Å². The van der Waals surface area contributed by atoms with Gasteiger partial charge in [-0.1, -0.05) is 47.2 Å². The van der Waals surface area contributed by atoms with Crippen LogP contribution in [0.4, 0.5) is 5.69 Å². The molecule has 0 aliphatic carbocycles. The van der Waals surface area contributed by atoms with E-state index in [0.29, 0.717) is 17.3 Å². The van der Waals surface area contributed by atoms with E-state index in [-0.39, 0.29) is 11.8 Å². The Hall–Kier alpha value is -2.73. The zero-order valence-corrected chi connectivity index (χ0v) is 13.3. The van der Waals surface area contributed by atoms with Crippen molar-refractivity contribution in [3.8, 4) is 0 Å². The predicted octanol–water partition coefficient (Wildman–Crippen LogP) is 2.83. The lowest BCUT2D eigenvalue weighted by Gasteiger charge is -2.20. The van der Waals surface area contributed by atoms with Crippen molar-refractivity contribution in [2.45, 2.75) is 18.6 Å². The van der Waals surface area contributed by atoms with Gasteiger partial charge in [0.1, 0.15) is 0 Å². The lowest BCUT2D eigenvalue weighted by Crippen LogP contribution is -2.39. The van der Waals surface area contributed by atoms with Gasteiger partial charge >= 0.3 is 0 Å². The minimum absolute atomic E-state index is 0.312. The lowest BCUT2D eigenvalue weighted by molar-refractivity contribution is -0.123. The van der Waals surface area contributed by atoms with E-state index in [2.05, 4.69) is 10.3 Å². The Labute approximate surface area is 143 Å². The molecule has 0 spiro atoms. The van der Waals surface area contributed by atoms with Gasteiger partial charge in [0.05, 0.1) is 12.2 Å². The van der Waals surface area contributed by atoms with Crippen LogP contribution in [0.25, 0.3) is 0 Å². The van der Waals surface area contributed by atoms with Gasteiger partial charge in [-0.2, -0.15) is 5.11 Å². The Kier molecular flexibility index (Phi) is 3.54. The maximum atomic E-state index is 12.8. The monoisotopic (exact) mass is 340 g/mol. The van der Waals surface area contributed by atoms with Crippen molar-refractivity contribution >= 4 is 29.1 Å². The molecule has 2 amide bonds. The summed E-state index contributed by atoms with van der Waals surface area (Å²) >= 11 is 5.87. The van der Waals surface area contributed by atoms with Crippen LogP contribution in [-0.4, -0.2) is 28.9 Å². The molecular formula is C17H13ClN4O2. The van der Waals surface area contributed by atoms with Crippen molar-refractivity contribution < 1.29 is 9.59 Å². The smallest absolute Gasteiger partial charge is 0.263 e. The summed E-state index contributed by atoms with van der Waals surface area (Å²) in [6.45, 7) is 0.430. The number of benzene rings is 2. The van der Waals surface area contributed by atoms with Crippen LogP contribution >= 0.6 is 11.6 Å². The summed E-state index contributed by atoms with van der Waals surface area (Å²) < 4.78 is 0. The fraction of sp³-hybridized carbons (Fsp3) is 0.176. The second kappa shape index (κ2) is 5.72. The Bertz CT molecular complexity index is 822. The number of rotatable bonds is 3. The molecule has 0 saturated carbocycles. The van der Waals surface area contributed by atoms with E-state index in [4.69, 9.17) is 11.6 Å². The van der Waals surface area contributed by atoms with Gasteiger partial charge in [0, 0.05) is 5.02 Å². The van der Waals surface area contributed by atoms with Crippen molar-refractivity contribution in [2.24, 2.45) is 10.3 Å². The molecule has 120 valence electrons. The predicted molar refractivity (Wildman–Crippen MR) is 88.4 cm³/mol. The summed E-state index contributed by atoms with van der Waals surface area (Å²) in [6.07, 6.45) is 0. The first-order valence-corrected chi connectivity index (χ1v) is 7.87. The second-order valence-corrected chi connectivity index (χ2v) is 6.10. The Morgan fingerprint density at radius 3 is 2.38 bits per heavy atom. The number of carbonyl (C=O) groups excluding carboxylic acids is 2. The highest BCUT2D eigenvalue weighted by atomic mass is 35.5. The quantitative estimate of drug-likeness (QED) is 0.807. The lowest BCUT2D eigenvalue weighted by atomic mass is 10.1. The molecule has 2 atom stereocenters. The largest absolute Gasteiger partial charge is 0.271 e. The third-order valence-corrected chi connectivity index (χ3v) is 4.38. The average molecular weight is 341 g/mol. The van der Waals surface area contributed by atoms with Crippen molar-refractivity contribution in [3.05, 3.63) is 65.2 Å². The normalized spacial score (nSPS) is 22.4. The summed E-state index contributed by atoms with van der Waals surface area (Å²) in [5, 5.41) is 10.2. The van der Waals surface area contributed by atoms with Gasteiger partial charge in [-0.3, -0.25) is 14.6 Å². The minimum Gasteiger partial charge on any atom is -0.271 e. The maximum absolute atomic E-state index is 12.8. The number of hydrogen-bond donors (Lipinski definition) is 0. The number of fused-ring (bicyclic) bond motifs is 1. The number of anilines is 1. The Morgan fingerprint density at radius 2 is 1.67 bits per heavy atom. The molecule has 7 heteroatoms. The molecule has 6 nitrogen and oxygen atoms in total. The van der Waals surface area contributed by atoms with Gasteiger partial charge in [-0.25, -0.2) is 4.90 Å². The zero-order valence-electron chi connectivity index (χ0n) is 12.5. The van der Waals surface area contributed by atoms with Gasteiger partial charge in [0.25, 0.3) is 11.8 Å². The maximum Gasteiger partial charge on any atom is 0.263 e. The third kappa shape index (κ3) is 2.35. The van der Waals surface area contributed by atoms with Crippen LogP contribution in [0.2, 0.25) is 5.02 Å². The number of carbonyl (C=O) groups is 2. The van der Waals surface area contributed by atoms with Crippen molar-refractivity contribution in [1.82, 2.24) is 5.01 Å². The first-order valence-electron chi connectivity index (χ1n) is 7.50. The molecule has 2 aliphatic rings. The van der Waals surface area contributed by atoms with Crippen LogP contribution in [0.1, 0.15) is 5.56 Å². The first kappa shape index (κ1) is 14.8. The van der Waals surface area contributed by atoms with Crippen molar-refractivity contribution in [2.75, 3.05) is 4.90 Å².